The van der Waals surface area contributed by atoms with E-state index in [2.05, 4.69) is 15.3 Å². The maximum Gasteiger partial charge on any atom is 0.417 e. The molecule has 2 rings (SSSR count). The Morgan fingerprint density at radius 3 is 2.19 bits per heavy atom. The predicted molar refractivity (Wildman–Crippen MR) is 86.4 cm³/mol. The van der Waals surface area contributed by atoms with Crippen molar-refractivity contribution < 1.29 is 9.53 Å². The van der Waals surface area contributed by atoms with Crippen LogP contribution in [0.1, 0.15) is 5.82 Å². The molecule has 5 nitrogen and oxygen atoms in total. The van der Waals surface area contributed by atoms with Crippen molar-refractivity contribution in [2.45, 2.75) is 17.0 Å². The van der Waals surface area contributed by atoms with E-state index in [1.807, 2.05) is 25.5 Å². The quantitative estimate of drug-likeness (QED) is 0.682. The summed E-state index contributed by atoms with van der Waals surface area (Å²) in [6.45, 7) is 1.82. The number of hydrogen-bond acceptors (Lipinski definition) is 6. The number of anilines is 1. The number of carbonyl (C=O) groups is 1. The molecule has 0 aliphatic carbocycles. The average molecular weight is 321 g/mol. The molecule has 1 N–H and O–H groups in total. The SMILES string of the molecule is CSc1nc(C)nc(SC)c1NC(=O)Oc1ccccc1. The van der Waals surface area contributed by atoms with Gasteiger partial charge in [0.15, 0.2) is 0 Å². The van der Waals surface area contributed by atoms with E-state index in [1.54, 1.807) is 24.3 Å². The smallest absolute Gasteiger partial charge is 0.410 e. The molecule has 0 bridgehead atoms. The fourth-order valence-corrected chi connectivity index (χ4v) is 2.86. The van der Waals surface area contributed by atoms with Crippen LogP contribution in [0.2, 0.25) is 0 Å². The Kier molecular flexibility index (Phi) is 5.46. The molecule has 2 aromatic rings. The minimum Gasteiger partial charge on any atom is -0.410 e. The lowest BCUT2D eigenvalue weighted by Crippen LogP contribution is -2.18. The Morgan fingerprint density at radius 2 is 1.67 bits per heavy atom. The third kappa shape index (κ3) is 4.12. The highest BCUT2D eigenvalue weighted by Gasteiger charge is 2.16. The zero-order valence-electron chi connectivity index (χ0n) is 11.9. The van der Waals surface area contributed by atoms with Gasteiger partial charge in [-0.25, -0.2) is 14.8 Å². The van der Waals surface area contributed by atoms with E-state index in [9.17, 15) is 4.79 Å². The van der Waals surface area contributed by atoms with E-state index in [4.69, 9.17) is 4.74 Å². The van der Waals surface area contributed by atoms with Gasteiger partial charge in [0.1, 0.15) is 27.3 Å². The van der Waals surface area contributed by atoms with Crippen molar-refractivity contribution in [2.75, 3.05) is 17.8 Å². The summed E-state index contributed by atoms with van der Waals surface area (Å²) in [5.41, 5.74) is 0.585. The summed E-state index contributed by atoms with van der Waals surface area (Å²) in [7, 11) is 0. The summed E-state index contributed by atoms with van der Waals surface area (Å²) in [5, 5.41) is 4.17. The molecular weight excluding hydrogens is 306 g/mol. The summed E-state index contributed by atoms with van der Waals surface area (Å²) in [4.78, 5) is 20.7. The van der Waals surface area contributed by atoms with Crippen molar-refractivity contribution in [3.05, 3.63) is 36.2 Å². The maximum absolute atomic E-state index is 12.0. The van der Waals surface area contributed by atoms with Crippen molar-refractivity contribution >= 4 is 35.3 Å². The van der Waals surface area contributed by atoms with Crippen molar-refractivity contribution in [1.82, 2.24) is 9.97 Å². The van der Waals surface area contributed by atoms with E-state index in [0.29, 0.717) is 17.3 Å². The first-order valence-corrected chi connectivity index (χ1v) is 8.59. The lowest BCUT2D eigenvalue weighted by atomic mass is 10.3. The summed E-state index contributed by atoms with van der Waals surface area (Å²) in [6.07, 6.45) is 3.25. The van der Waals surface area contributed by atoms with Crippen LogP contribution >= 0.6 is 23.5 Å². The first kappa shape index (κ1) is 15.7. The third-order valence-electron chi connectivity index (χ3n) is 2.52. The van der Waals surface area contributed by atoms with Crippen molar-refractivity contribution in [1.29, 1.82) is 0 Å². The Morgan fingerprint density at radius 1 is 1.10 bits per heavy atom. The van der Waals surface area contributed by atoms with Gasteiger partial charge in [0, 0.05) is 0 Å². The van der Waals surface area contributed by atoms with Crippen LogP contribution in [0, 0.1) is 6.92 Å². The lowest BCUT2D eigenvalue weighted by Gasteiger charge is -2.12. The second-order valence-corrected chi connectivity index (χ2v) is 5.58. The number of carbonyl (C=O) groups excluding carboxylic acids is 1. The lowest BCUT2D eigenvalue weighted by molar-refractivity contribution is 0.215. The number of aromatic nitrogens is 2. The van der Waals surface area contributed by atoms with Crippen molar-refractivity contribution in [3.63, 3.8) is 0 Å². The highest BCUT2D eigenvalue weighted by atomic mass is 32.2. The molecule has 1 aromatic heterocycles. The maximum atomic E-state index is 12.0. The van der Waals surface area contributed by atoms with Crippen LogP contribution in [0.4, 0.5) is 10.5 Å². The number of rotatable bonds is 4. The van der Waals surface area contributed by atoms with Crippen molar-refractivity contribution in [2.24, 2.45) is 0 Å². The molecule has 0 aliphatic heterocycles. The van der Waals surface area contributed by atoms with Crippen LogP contribution in [-0.4, -0.2) is 28.6 Å². The molecule has 0 radical (unpaired) electrons. The first-order valence-electron chi connectivity index (χ1n) is 6.14. The molecule has 0 fully saturated rings. The molecule has 0 spiro atoms. The van der Waals surface area contributed by atoms with Crippen LogP contribution in [0.15, 0.2) is 40.4 Å². The topological polar surface area (TPSA) is 64.1 Å². The van der Waals surface area contributed by atoms with E-state index >= 15 is 0 Å². The second kappa shape index (κ2) is 7.33. The van der Waals surface area contributed by atoms with Crippen LogP contribution in [0.5, 0.6) is 5.75 Å². The molecule has 7 heteroatoms. The minimum atomic E-state index is -0.556. The van der Waals surface area contributed by atoms with Gasteiger partial charge >= 0.3 is 6.09 Å². The van der Waals surface area contributed by atoms with Gasteiger partial charge in [0.2, 0.25) is 0 Å². The number of amides is 1. The zero-order valence-corrected chi connectivity index (χ0v) is 13.5. The number of ether oxygens (including phenoxy) is 1. The molecule has 1 amide bonds. The van der Waals surface area contributed by atoms with Gasteiger partial charge in [0.05, 0.1) is 0 Å². The molecule has 1 aromatic carbocycles. The van der Waals surface area contributed by atoms with Gasteiger partial charge in [-0.3, -0.25) is 5.32 Å². The third-order valence-corrected chi connectivity index (χ3v) is 3.89. The Bertz CT molecular complexity index is 610. The highest BCUT2D eigenvalue weighted by molar-refractivity contribution is 7.99. The van der Waals surface area contributed by atoms with Crippen LogP contribution in [-0.2, 0) is 0 Å². The van der Waals surface area contributed by atoms with Gasteiger partial charge in [-0.1, -0.05) is 18.2 Å². The molecular formula is C14H15N3O2S2. The Labute approximate surface area is 131 Å². The number of thioether (sulfide) groups is 2. The fourth-order valence-electron chi connectivity index (χ4n) is 1.65. The van der Waals surface area contributed by atoms with Crippen LogP contribution in [0.25, 0.3) is 0 Å². The Hall–Kier alpha value is -1.73. The van der Waals surface area contributed by atoms with Gasteiger partial charge in [-0.15, -0.1) is 23.5 Å². The molecule has 0 unspecified atom stereocenters. The monoisotopic (exact) mass is 321 g/mol. The number of nitrogens with one attached hydrogen (secondary N) is 1. The number of para-hydroxylation sites is 1. The molecule has 0 aliphatic rings. The summed E-state index contributed by atoms with van der Waals surface area (Å²) in [5.74, 6) is 1.16. The Balaban J connectivity index is 2.20. The average Bonchev–Trinajstić information content (AvgIpc) is 2.49. The molecule has 0 saturated carbocycles. The number of aryl methyl sites for hydroxylation is 1. The summed E-state index contributed by atoms with van der Waals surface area (Å²) in [6, 6.07) is 8.90. The van der Waals surface area contributed by atoms with Gasteiger partial charge < -0.3 is 4.74 Å². The minimum absolute atomic E-state index is 0.486. The number of nitrogens with zero attached hydrogens (tertiary/aromatic N) is 2. The molecule has 0 saturated heterocycles. The van der Waals surface area contributed by atoms with E-state index < -0.39 is 6.09 Å². The summed E-state index contributed by atoms with van der Waals surface area (Å²) < 4.78 is 5.22. The predicted octanol–water partition coefficient (Wildman–Crippen LogP) is 3.84. The van der Waals surface area contributed by atoms with Gasteiger partial charge in [0.25, 0.3) is 0 Å². The first-order chi connectivity index (χ1) is 10.1. The number of hydrogen-bond donors (Lipinski definition) is 1. The van der Waals surface area contributed by atoms with Crippen molar-refractivity contribution in [3.8, 4) is 5.75 Å². The van der Waals surface area contributed by atoms with E-state index in [1.165, 1.54) is 23.5 Å². The largest absolute Gasteiger partial charge is 0.417 e. The van der Waals surface area contributed by atoms with Crippen LogP contribution < -0.4 is 10.1 Å². The molecule has 0 atom stereocenters. The molecule has 21 heavy (non-hydrogen) atoms. The molecule has 1 heterocycles. The zero-order chi connectivity index (χ0) is 15.2. The normalized spacial score (nSPS) is 10.2. The molecule has 110 valence electrons. The second-order valence-electron chi connectivity index (χ2n) is 3.99. The fraction of sp³-hybridized carbons (Fsp3) is 0.214. The number of benzene rings is 1. The van der Waals surface area contributed by atoms with E-state index in [-0.39, 0.29) is 0 Å². The standard InChI is InChI=1S/C14H15N3O2S2/c1-9-15-12(20-2)11(13(16-9)21-3)17-14(18)19-10-7-5-4-6-8-10/h4-8H,1-3H3,(H,17,18). The van der Waals surface area contributed by atoms with Gasteiger partial charge in [-0.05, 0) is 31.6 Å². The van der Waals surface area contributed by atoms with E-state index in [0.717, 1.165) is 10.1 Å². The summed E-state index contributed by atoms with van der Waals surface area (Å²) >= 11 is 2.91. The highest BCUT2D eigenvalue weighted by Crippen LogP contribution is 2.31. The van der Waals surface area contributed by atoms with Crippen LogP contribution in [0.3, 0.4) is 0 Å². The van der Waals surface area contributed by atoms with Gasteiger partial charge in [-0.2, -0.15) is 0 Å².